The molecule has 0 bridgehead atoms. The second-order valence-corrected chi connectivity index (χ2v) is 13.8. The lowest BCUT2D eigenvalue weighted by Gasteiger charge is -2.39. The highest BCUT2D eigenvalue weighted by atomic mass is 16.6. The minimum atomic E-state index is -1.06. The number of hydrogen-bond acceptors (Lipinski definition) is 6. The molecule has 290 valence electrons. The summed E-state index contributed by atoms with van der Waals surface area (Å²) in [5.74, 6) is -0.290. The summed E-state index contributed by atoms with van der Waals surface area (Å²) in [5.41, 5.74) is 3.91. The number of carbonyl (C=O) groups is 4. The molecule has 1 fully saturated rings. The van der Waals surface area contributed by atoms with Gasteiger partial charge >= 0.3 is 12.2 Å². The number of carboxylic acid groups (broad SMARTS) is 1. The molecule has 0 heterocycles. The van der Waals surface area contributed by atoms with Gasteiger partial charge in [-0.1, -0.05) is 121 Å². The highest BCUT2D eigenvalue weighted by molar-refractivity contribution is 5.79. The van der Waals surface area contributed by atoms with Crippen molar-refractivity contribution in [3.8, 4) is 0 Å². The smallest absolute Gasteiger partial charge is 0.411 e. The Bertz CT molecular complexity index is 1740. The molecule has 0 spiro atoms. The highest BCUT2D eigenvalue weighted by Gasteiger charge is 2.34. The van der Waals surface area contributed by atoms with Gasteiger partial charge in [-0.15, -0.1) is 0 Å². The normalized spacial score (nSPS) is 15.6. The van der Waals surface area contributed by atoms with Crippen molar-refractivity contribution in [3.63, 3.8) is 0 Å². The number of nitrogens with one attached hydrogen (secondary N) is 1. The van der Waals surface area contributed by atoms with Gasteiger partial charge in [0.2, 0.25) is 12.3 Å². The molecule has 1 aliphatic rings. The predicted octanol–water partition coefficient (Wildman–Crippen LogP) is 6.91. The van der Waals surface area contributed by atoms with Crippen molar-refractivity contribution in [3.05, 3.63) is 144 Å². The molecule has 2 N–H and O–H groups in total. The van der Waals surface area contributed by atoms with Crippen molar-refractivity contribution in [2.45, 2.75) is 76.5 Å². The molecule has 55 heavy (non-hydrogen) atoms. The van der Waals surface area contributed by atoms with E-state index in [2.05, 4.69) is 5.32 Å². The van der Waals surface area contributed by atoms with E-state index in [0.29, 0.717) is 38.7 Å². The molecule has 4 aromatic rings. The van der Waals surface area contributed by atoms with E-state index in [1.807, 2.05) is 121 Å². The zero-order valence-electron chi connectivity index (χ0n) is 31.3. The number of carbonyl (C=O) groups excluding carboxylic acids is 3. The zero-order chi connectivity index (χ0) is 38.7. The van der Waals surface area contributed by atoms with Crippen molar-refractivity contribution in [2.24, 2.45) is 0 Å². The summed E-state index contributed by atoms with van der Waals surface area (Å²) in [5, 5.41) is 12.9. The number of nitrogens with zero attached hydrogens (tertiary/aromatic N) is 3. The molecule has 0 saturated heterocycles. The Kier molecular flexibility index (Phi) is 16.1. The van der Waals surface area contributed by atoms with Crippen LogP contribution >= 0.6 is 0 Å². The minimum Gasteiger partial charge on any atom is -0.465 e. The van der Waals surface area contributed by atoms with Gasteiger partial charge in [0.1, 0.15) is 12.8 Å². The number of ether oxygens (including phenoxy) is 2. The summed E-state index contributed by atoms with van der Waals surface area (Å²) in [6, 6.07) is 38.5. The van der Waals surface area contributed by atoms with Crippen LogP contribution in [0.15, 0.2) is 121 Å². The fraction of sp³-hybridized carbons (Fsp3) is 0.364. The van der Waals surface area contributed by atoms with Crippen LogP contribution in [0.2, 0.25) is 0 Å². The Morgan fingerprint density at radius 3 is 1.71 bits per heavy atom. The quantitative estimate of drug-likeness (QED) is 0.0743. The van der Waals surface area contributed by atoms with Crippen LogP contribution in [-0.4, -0.2) is 88.8 Å². The van der Waals surface area contributed by atoms with Crippen molar-refractivity contribution in [1.29, 1.82) is 0 Å². The van der Waals surface area contributed by atoms with Crippen LogP contribution in [0.1, 0.15) is 54.4 Å². The summed E-state index contributed by atoms with van der Waals surface area (Å²) in [4.78, 5) is 57.1. The van der Waals surface area contributed by atoms with E-state index < -0.39 is 18.4 Å². The number of hydrogen-bond donors (Lipinski definition) is 2. The summed E-state index contributed by atoms with van der Waals surface area (Å²) in [6.07, 6.45) is 1.42. The fourth-order valence-corrected chi connectivity index (χ4v) is 6.95. The molecule has 0 aliphatic heterocycles. The Hall–Kier alpha value is -5.68. The second kappa shape index (κ2) is 21.9. The average molecular weight is 749 g/mol. The Morgan fingerprint density at radius 2 is 1.18 bits per heavy atom. The van der Waals surface area contributed by atoms with Crippen LogP contribution in [-0.2, 0) is 45.1 Å². The maximum Gasteiger partial charge on any atom is 0.411 e. The van der Waals surface area contributed by atoms with Crippen LogP contribution in [0.4, 0.5) is 9.59 Å². The van der Waals surface area contributed by atoms with Gasteiger partial charge in [-0.25, -0.2) is 9.59 Å². The van der Waals surface area contributed by atoms with Crippen LogP contribution < -0.4 is 5.32 Å². The molecule has 1 aliphatic carbocycles. The van der Waals surface area contributed by atoms with Gasteiger partial charge in [-0.2, -0.15) is 0 Å². The predicted molar refractivity (Wildman–Crippen MR) is 210 cm³/mol. The summed E-state index contributed by atoms with van der Waals surface area (Å²) >= 11 is 0. The SMILES string of the molecule is O=CNC(CC(=O)N(CCN(CCc1ccccc1)C(=O)O)C1CCC(OCc2ccccc2)CC1)N(CCc1ccccc1)C(=O)OCc1ccccc1. The topological polar surface area (TPSA) is 129 Å². The summed E-state index contributed by atoms with van der Waals surface area (Å²) in [6.45, 7) is 1.27. The van der Waals surface area contributed by atoms with E-state index in [-0.39, 0.29) is 57.3 Å². The second-order valence-electron chi connectivity index (χ2n) is 13.8. The van der Waals surface area contributed by atoms with Gasteiger partial charge in [0.05, 0.1) is 19.1 Å². The van der Waals surface area contributed by atoms with E-state index in [9.17, 15) is 24.3 Å². The Morgan fingerprint density at radius 1 is 0.673 bits per heavy atom. The largest absolute Gasteiger partial charge is 0.465 e. The first-order valence-electron chi connectivity index (χ1n) is 19.1. The van der Waals surface area contributed by atoms with Crippen LogP contribution in [0.5, 0.6) is 0 Å². The monoisotopic (exact) mass is 748 g/mol. The van der Waals surface area contributed by atoms with Crippen LogP contribution in [0.25, 0.3) is 0 Å². The highest BCUT2D eigenvalue weighted by Crippen LogP contribution is 2.27. The van der Waals surface area contributed by atoms with E-state index in [4.69, 9.17) is 9.47 Å². The lowest BCUT2D eigenvalue weighted by Crippen LogP contribution is -2.54. The van der Waals surface area contributed by atoms with Gasteiger partial charge in [-0.3, -0.25) is 14.5 Å². The molecule has 0 aromatic heterocycles. The first kappa shape index (κ1) is 40.5. The lowest BCUT2D eigenvalue weighted by atomic mass is 9.91. The molecule has 4 amide bonds. The average Bonchev–Trinajstić information content (AvgIpc) is 3.22. The number of rotatable bonds is 20. The molecule has 0 radical (unpaired) electrons. The molecule has 1 unspecified atom stereocenters. The van der Waals surface area contributed by atoms with E-state index in [0.717, 1.165) is 35.1 Å². The lowest BCUT2D eigenvalue weighted by molar-refractivity contribution is -0.137. The van der Waals surface area contributed by atoms with Gasteiger partial charge in [0.25, 0.3) is 0 Å². The fourth-order valence-electron chi connectivity index (χ4n) is 6.95. The minimum absolute atomic E-state index is 0.0268. The Balaban J connectivity index is 1.31. The standard InChI is InChI=1S/C44H52N4O7/c49-34-45-41(48(28-26-36-15-7-2-8-16-36)44(53)55-33-38-19-11-4-12-20-38)31-42(50)47(30-29-46(43(51)52)27-25-35-13-5-1-6-14-35)39-21-23-40(24-22-39)54-32-37-17-9-3-10-18-37/h1-20,34,39-41H,21-33H2,(H,45,49)(H,51,52). The van der Waals surface area contributed by atoms with E-state index in [1.165, 1.54) is 9.80 Å². The van der Waals surface area contributed by atoms with Crippen LogP contribution in [0, 0.1) is 0 Å². The Labute approximate surface area is 323 Å². The molecular formula is C44H52N4O7. The molecule has 1 saturated carbocycles. The maximum absolute atomic E-state index is 14.5. The molecular weight excluding hydrogens is 697 g/mol. The third-order valence-electron chi connectivity index (χ3n) is 10.1. The molecule has 1 atom stereocenters. The van der Waals surface area contributed by atoms with Crippen molar-refractivity contribution < 1.29 is 33.8 Å². The van der Waals surface area contributed by atoms with Crippen molar-refractivity contribution >= 4 is 24.5 Å². The molecule has 11 nitrogen and oxygen atoms in total. The summed E-state index contributed by atoms with van der Waals surface area (Å²) in [7, 11) is 0. The van der Waals surface area contributed by atoms with Gasteiger partial charge in [-0.05, 0) is 60.8 Å². The zero-order valence-corrected chi connectivity index (χ0v) is 31.3. The maximum atomic E-state index is 14.5. The van der Waals surface area contributed by atoms with Crippen LogP contribution in [0.3, 0.4) is 0 Å². The van der Waals surface area contributed by atoms with Gasteiger partial charge in [0, 0.05) is 32.2 Å². The molecule has 5 rings (SSSR count). The van der Waals surface area contributed by atoms with E-state index in [1.54, 1.807) is 4.90 Å². The number of benzene rings is 4. The van der Waals surface area contributed by atoms with Gasteiger partial charge in [0.15, 0.2) is 0 Å². The van der Waals surface area contributed by atoms with Crippen molar-refractivity contribution in [1.82, 2.24) is 20.0 Å². The van der Waals surface area contributed by atoms with E-state index >= 15 is 0 Å². The number of amides is 4. The van der Waals surface area contributed by atoms with Crippen molar-refractivity contribution in [2.75, 3.05) is 26.2 Å². The van der Waals surface area contributed by atoms with Gasteiger partial charge < -0.3 is 29.7 Å². The first-order chi connectivity index (χ1) is 26.9. The third kappa shape index (κ3) is 13.3. The summed E-state index contributed by atoms with van der Waals surface area (Å²) < 4.78 is 12.0. The molecule has 4 aromatic carbocycles. The third-order valence-corrected chi connectivity index (χ3v) is 10.1. The first-order valence-corrected chi connectivity index (χ1v) is 19.1. The molecule has 11 heteroatoms.